The van der Waals surface area contributed by atoms with Crippen molar-refractivity contribution < 1.29 is 14.2 Å². The number of hydrogen-bond donors (Lipinski definition) is 0. The Morgan fingerprint density at radius 3 is 2.77 bits per heavy atom. The molecule has 2 aromatic heterocycles. The van der Waals surface area contributed by atoms with Crippen molar-refractivity contribution in [1.82, 2.24) is 14.6 Å². The highest BCUT2D eigenvalue weighted by atomic mass is 16.6. The molecule has 4 heterocycles. The maximum Gasteiger partial charge on any atom is 0.163 e. The number of hydrogen-bond acceptors (Lipinski definition) is 6. The molecule has 5 rings (SSSR count). The number of methoxy groups -OCH3 is 1. The lowest BCUT2D eigenvalue weighted by atomic mass is 10.1. The molecular weight excluding hydrogens is 332 g/mol. The van der Waals surface area contributed by atoms with Crippen molar-refractivity contribution in [3.63, 3.8) is 0 Å². The SMILES string of the molecule is COC1CN(c2cnc3c(-c4ccc5c(c4)OCCO5)c(C)nn3c2)C1. The Balaban J connectivity index is 1.53. The summed E-state index contributed by atoms with van der Waals surface area (Å²) in [5, 5.41) is 4.67. The van der Waals surface area contributed by atoms with E-state index in [0.29, 0.717) is 19.3 Å². The van der Waals surface area contributed by atoms with E-state index in [9.17, 15) is 0 Å². The molecule has 1 fully saturated rings. The van der Waals surface area contributed by atoms with Crippen LogP contribution in [0.3, 0.4) is 0 Å². The highest BCUT2D eigenvalue weighted by Gasteiger charge is 2.27. The second-order valence-corrected chi connectivity index (χ2v) is 6.66. The van der Waals surface area contributed by atoms with Crippen LogP contribution in [0.4, 0.5) is 5.69 Å². The third-order valence-corrected chi connectivity index (χ3v) is 5.01. The fraction of sp³-hybridized carbons (Fsp3) is 0.368. The van der Waals surface area contributed by atoms with E-state index < -0.39 is 0 Å². The summed E-state index contributed by atoms with van der Waals surface area (Å²) in [4.78, 5) is 6.93. The molecule has 134 valence electrons. The first-order chi connectivity index (χ1) is 12.7. The highest BCUT2D eigenvalue weighted by molar-refractivity contribution is 5.81. The maximum atomic E-state index is 5.72. The van der Waals surface area contributed by atoms with Crippen LogP contribution in [0.25, 0.3) is 16.8 Å². The van der Waals surface area contributed by atoms with Crippen LogP contribution >= 0.6 is 0 Å². The van der Waals surface area contributed by atoms with Crippen molar-refractivity contribution in [3.8, 4) is 22.6 Å². The molecule has 2 aliphatic rings. The Bertz CT molecular complexity index is 978. The minimum absolute atomic E-state index is 0.304. The van der Waals surface area contributed by atoms with Gasteiger partial charge in [-0.3, -0.25) is 0 Å². The predicted molar refractivity (Wildman–Crippen MR) is 97.2 cm³/mol. The lowest BCUT2D eigenvalue weighted by Crippen LogP contribution is -2.52. The minimum Gasteiger partial charge on any atom is -0.486 e. The fourth-order valence-electron chi connectivity index (χ4n) is 3.53. The molecule has 0 amide bonds. The molecule has 0 saturated carbocycles. The Labute approximate surface area is 151 Å². The number of ether oxygens (including phenoxy) is 3. The topological polar surface area (TPSA) is 61.1 Å². The van der Waals surface area contributed by atoms with Gasteiger partial charge in [-0.05, 0) is 24.6 Å². The van der Waals surface area contributed by atoms with Gasteiger partial charge < -0.3 is 19.1 Å². The standard InChI is InChI=1S/C19H20N4O3/c1-12-18(13-3-4-16-17(7-13)26-6-5-25-16)19-20-8-14(9-23(19)21-12)22-10-15(11-22)24-2/h3-4,7-9,15H,5-6,10-11H2,1-2H3. The van der Waals surface area contributed by atoms with E-state index in [0.717, 1.165) is 52.7 Å². The van der Waals surface area contributed by atoms with Crippen LogP contribution in [0.2, 0.25) is 0 Å². The number of aryl methyl sites for hydroxylation is 1. The zero-order valence-electron chi connectivity index (χ0n) is 14.8. The van der Waals surface area contributed by atoms with Crippen LogP contribution in [0, 0.1) is 6.92 Å². The first-order valence-corrected chi connectivity index (χ1v) is 8.75. The van der Waals surface area contributed by atoms with E-state index in [4.69, 9.17) is 19.2 Å². The van der Waals surface area contributed by atoms with Crippen LogP contribution in [0.5, 0.6) is 11.5 Å². The molecule has 0 bridgehead atoms. The zero-order valence-corrected chi connectivity index (χ0v) is 14.8. The average Bonchev–Trinajstić information content (AvgIpc) is 2.95. The number of anilines is 1. The number of nitrogens with zero attached hydrogens (tertiary/aromatic N) is 4. The normalized spacial score (nSPS) is 16.8. The first kappa shape index (κ1) is 15.5. The monoisotopic (exact) mass is 352 g/mol. The van der Waals surface area contributed by atoms with Gasteiger partial charge in [0.2, 0.25) is 0 Å². The van der Waals surface area contributed by atoms with Crippen LogP contribution in [0.1, 0.15) is 5.69 Å². The van der Waals surface area contributed by atoms with E-state index in [1.165, 1.54) is 0 Å². The molecule has 0 radical (unpaired) electrons. The number of benzene rings is 1. The van der Waals surface area contributed by atoms with Crippen LogP contribution in [-0.4, -0.2) is 54.1 Å². The van der Waals surface area contributed by atoms with E-state index >= 15 is 0 Å². The Morgan fingerprint density at radius 2 is 1.96 bits per heavy atom. The van der Waals surface area contributed by atoms with Crippen molar-refractivity contribution in [2.45, 2.75) is 13.0 Å². The van der Waals surface area contributed by atoms with Gasteiger partial charge in [0.15, 0.2) is 17.1 Å². The van der Waals surface area contributed by atoms with Crippen molar-refractivity contribution in [1.29, 1.82) is 0 Å². The van der Waals surface area contributed by atoms with E-state index in [-0.39, 0.29) is 0 Å². The Morgan fingerprint density at radius 1 is 1.15 bits per heavy atom. The Kier molecular flexibility index (Phi) is 3.49. The summed E-state index contributed by atoms with van der Waals surface area (Å²) in [6.45, 7) is 4.94. The summed E-state index contributed by atoms with van der Waals surface area (Å²) in [5.74, 6) is 1.56. The van der Waals surface area contributed by atoms with Gasteiger partial charge >= 0.3 is 0 Å². The molecule has 1 saturated heterocycles. The van der Waals surface area contributed by atoms with Gasteiger partial charge in [-0.15, -0.1) is 0 Å². The molecule has 7 heteroatoms. The Hall–Kier alpha value is -2.80. The second-order valence-electron chi connectivity index (χ2n) is 6.66. The molecule has 0 unspecified atom stereocenters. The van der Waals surface area contributed by atoms with Crippen LogP contribution in [0.15, 0.2) is 30.6 Å². The third-order valence-electron chi connectivity index (χ3n) is 5.01. The summed E-state index contributed by atoms with van der Waals surface area (Å²) in [6.07, 6.45) is 4.24. The summed E-state index contributed by atoms with van der Waals surface area (Å²) in [7, 11) is 1.75. The molecular formula is C19H20N4O3. The highest BCUT2D eigenvalue weighted by Crippen LogP contribution is 2.37. The van der Waals surface area contributed by atoms with Gasteiger partial charge in [0.1, 0.15) is 13.2 Å². The zero-order chi connectivity index (χ0) is 17.7. The van der Waals surface area contributed by atoms with E-state index in [2.05, 4.69) is 10.00 Å². The molecule has 0 atom stereocenters. The van der Waals surface area contributed by atoms with Gasteiger partial charge in [0.05, 0.1) is 29.9 Å². The van der Waals surface area contributed by atoms with Gasteiger partial charge in [-0.25, -0.2) is 9.50 Å². The van der Waals surface area contributed by atoms with E-state index in [1.807, 2.05) is 42.0 Å². The van der Waals surface area contributed by atoms with Crippen molar-refractivity contribution in [2.75, 3.05) is 38.3 Å². The molecule has 0 aliphatic carbocycles. The smallest absolute Gasteiger partial charge is 0.163 e. The third kappa shape index (κ3) is 2.39. The lowest BCUT2D eigenvalue weighted by molar-refractivity contribution is 0.0787. The maximum absolute atomic E-state index is 5.72. The second kappa shape index (κ2) is 5.88. The molecule has 0 N–H and O–H groups in total. The minimum atomic E-state index is 0.304. The molecule has 1 aromatic carbocycles. The summed E-state index contributed by atoms with van der Waals surface area (Å²) < 4.78 is 18.5. The summed E-state index contributed by atoms with van der Waals surface area (Å²) in [6, 6.07) is 5.99. The fourth-order valence-corrected chi connectivity index (χ4v) is 3.53. The number of rotatable bonds is 3. The summed E-state index contributed by atoms with van der Waals surface area (Å²) in [5.41, 5.74) is 4.88. The van der Waals surface area contributed by atoms with Crippen LogP contribution in [-0.2, 0) is 4.74 Å². The predicted octanol–water partition coefficient (Wildman–Crippen LogP) is 2.31. The number of aromatic nitrogens is 3. The summed E-state index contributed by atoms with van der Waals surface area (Å²) >= 11 is 0. The van der Waals surface area contributed by atoms with Crippen molar-refractivity contribution in [3.05, 3.63) is 36.3 Å². The molecule has 7 nitrogen and oxygen atoms in total. The van der Waals surface area contributed by atoms with Crippen LogP contribution < -0.4 is 14.4 Å². The van der Waals surface area contributed by atoms with Gasteiger partial charge in [-0.2, -0.15) is 5.10 Å². The molecule has 0 spiro atoms. The average molecular weight is 352 g/mol. The van der Waals surface area contributed by atoms with Crippen molar-refractivity contribution in [2.24, 2.45) is 0 Å². The molecule has 2 aliphatic heterocycles. The number of fused-ring (bicyclic) bond motifs is 2. The first-order valence-electron chi connectivity index (χ1n) is 8.75. The van der Waals surface area contributed by atoms with Gasteiger partial charge in [0.25, 0.3) is 0 Å². The van der Waals surface area contributed by atoms with Gasteiger partial charge in [-0.1, -0.05) is 6.07 Å². The molecule has 3 aromatic rings. The van der Waals surface area contributed by atoms with Gasteiger partial charge in [0, 0.05) is 25.8 Å². The quantitative estimate of drug-likeness (QED) is 0.721. The lowest BCUT2D eigenvalue weighted by Gasteiger charge is -2.39. The van der Waals surface area contributed by atoms with Crippen molar-refractivity contribution >= 4 is 11.3 Å². The van der Waals surface area contributed by atoms with E-state index in [1.54, 1.807) is 7.11 Å². The molecule has 26 heavy (non-hydrogen) atoms. The largest absolute Gasteiger partial charge is 0.486 e.